The van der Waals surface area contributed by atoms with Crippen molar-refractivity contribution in [2.75, 3.05) is 6.54 Å². The summed E-state index contributed by atoms with van der Waals surface area (Å²) in [6.45, 7) is 6.96. The van der Waals surface area contributed by atoms with Gasteiger partial charge in [0, 0.05) is 6.54 Å². The molecule has 0 aliphatic heterocycles. The molecule has 0 aromatic carbocycles. The van der Waals surface area contributed by atoms with Gasteiger partial charge in [0.25, 0.3) is 0 Å². The zero-order valence-electron chi connectivity index (χ0n) is 11.0. The predicted octanol–water partition coefficient (Wildman–Crippen LogP) is 2.89. The number of carboxylic acids is 1. The fourth-order valence-corrected chi connectivity index (χ4v) is 1.70. The van der Waals surface area contributed by atoms with Crippen LogP contribution in [0.15, 0.2) is 23.3 Å². The Labute approximate surface area is 104 Å². The summed E-state index contributed by atoms with van der Waals surface area (Å²) in [4.78, 5) is 10.9. The maximum Gasteiger partial charge on any atom is 0.323 e. The maximum atomic E-state index is 10.9. The smallest absolute Gasteiger partial charge is 0.323 e. The van der Waals surface area contributed by atoms with Crippen LogP contribution in [0.4, 0.5) is 0 Å². The van der Waals surface area contributed by atoms with Gasteiger partial charge in [-0.15, -0.1) is 0 Å². The Morgan fingerprint density at radius 3 is 2.41 bits per heavy atom. The van der Waals surface area contributed by atoms with Gasteiger partial charge in [0.1, 0.15) is 5.54 Å². The SMILES string of the molecule is CC(C)=CCC/C(C)=C/CNC1(C(=O)O)CC1. The Hall–Kier alpha value is -1.09. The molecule has 0 aromatic heterocycles. The van der Waals surface area contributed by atoms with Gasteiger partial charge in [-0.3, -0.25) is 10.1 Å². The maximum absolute atomic E-state index is 10.9. The van der Waals surface area contributed by atoms with Gasteiger partial charge in [-0.2, -0.15) is 0 Å². The zero-order chi connectivity index (χ0) is 12.9. The van der Waals surface area contributed by atoms with Crippen molar-refractivity contribution in [1.82, 2.24) is 5.32 Å². The molecule has 0 saturated heterocycles. The van der Waals surface area contributed by atoms with Gasteiger partial charge < -0.3 is 5.11 Å². The summed E-state index contributed by atoms with van der Waals surface area (Å²) < 4.78 is 0. The molecule has 0 spiro atoms. The van der Waals surface area contributed by atoms with E-state index in [0.29, 0.717) is 6.54 Å². The van der Waals surface area contributed by atoms with Gasteiger partial charge in [-0.25, -0.2) is 0 Å². The number of allylic oxidation sites excluding steroid dienone is 3. The molecule has 17 heavy (non-hydrogen) atoms. The van der Waals surface area contributed by atoms with Gasteiger partial charge in [0.05, 0.1) is 0 Å². The molecule has 0 bridgehead atoms. The number of rotatable bonds is 7. The molecule has 0 aromatic rings. The van der Waals surface area contributed by atoms with Crippen LogP contribution in [0.25, 0.3) is 0 Å². The van der Waals surface area contributed by atoms with Crippen LogP contribution >= 0.6 is 0 Å². The van der Waals surface area contributed by atoms with E-state index < -0.39 is 11.5 Å². The number of carbonyl (C=O) groups is 1. The molecule has 1 fully saturated rings. The Kier molecular flexibility index (Phi) is 4.94. The molecule has 0 atom stereocenters. The standard InChI is InChI=1S/C14H23NO2/c1-11(2)5-4-6-12(3)7-10-15-14(8-9-14)13(16)17/h5,7,15H,4,6,8-10H2,1-3H3,(H,16,17)/b12-7+. The predicted molar refractivity (Wildman–Crippen MR) is 70.0 cm³/mol. The average molecular weight is 237 g/mol. The van der Waals surface area contributed by atoms with Crippen molar-refractivity contribution in [1.29, 1.82) is 0 Å². The van der Waals surface area contributed by atoms with Crippen molar-refractivity contribution in [3.05, 3.63) is 23.3 Å². The summed E-state index contributed by atoms with van der Waals surface area (Å²) in [5.74, 6) is -0.715. The van der Waals surface area contributed by atoms with Crippen LogP contribution in [0.2, 0.25) is 0 Å². The molecule has 96 valence electrons. The van der Waals surface area contributed by atoms with Crippen molar-refractivity contribution in [3.8, 4) is 0 Å². The van der Waals surface area contributed by atoms with Crippen LogP contribution in [0.5, 0.6) is 0 Å². The van der Waals surface area contributed by atoms with E-state index in [-0.39, 0.29) is 0 Å². The third kappa shape index (κ3) is 4.73. The lowest BCUT2D eigenvalue weighted by molar-refractivity contribution is -0.140. The number of nitrogens with one attached hydrogen (secondary N) is 1. The highest BCUT2D eigenvalue weighted by molar-refractivity contribution is 5.82. The van der Waals surface area contributed by atoms with Crippen LogP contribution < -0.4 is 5.32 Å². The van der Waals surface area contributed by atoms with Gasteiger partial charge >= 0.3 is 5.97 Å². The second-order valence-electron chi connectivity index (χ2n) is 5.14. The first kappa shape index (κ1) is 14.0. The van der Waals surface area contributed by atoms with E-state index in [4.69, 9.17) is 5.11 Å². The third-order valence-electron chi connectivity index (χ3n) is 3.14. The molecular weight excluding hydrogens is 214 g/mol. The minimum atomic E-state index is -0.715. The van der Waals surface area contributed by atoms with E-state index in [9.17, 15) is 4.79 Å². The van der Waals surface area contributed by atoms with Crippen LogP contribution in [0.1, 0.15) is 46.5 Å². The van der Waals surface area contributed by atoms with E-state index in [1.807, 2.05) is 0 Å². The van der Waals surface area contributed by atoms with Crippen molar-refractivity contribution >= 4 is 5.97 Å². The lowest BCUT2D eigenvalue weighted by Gasteiger charge is -2.10. The summed E-state index contributed by atoms with van der Waals surface area (Å²) in [5.41, 5.74) is 2.05. The Balaban J connectivity index is 2.24. The van der Waals surface area contributed by atoms with Crippen LogP contribution in [0, 0.1) is 0 Å². The van der Waals surface area contributed by atoms with Crippen molar-refractivity contribution in [3.63, 3.8) is 0 Å². The van der Waals surface area contributed by atoms with Gasteiger partial charge in [0.15, 0.2) is 0 Å². The minimum Gasteiger partial charge on any atom is -0.480 e. The van der Waals surface area contributed by atoms with Crippen molar-refractivity contribution in [2.24, 2.45) is 0 Å². The molecule has 1 saturated carbocycles. The molecule has 0 amide bonds. The van der Waals surface area contributed by atoms with E-state index in [0.717, 1.165) is 25.7 Å². The van der Waals surface area contributed by atoms with E-state index >= 15 is 0 Å². The molecule has 1 rings (SSSR count). The molecule has 3 nitrogen and oxygen atoms in total. The molecule has 0 heterocycles. The summed E-state index contributed by atoms with van der Waals surface area (Å²) in [5, 5.41) is 12.1. The third-order valence-corrected chi connectivity index (χ3v) is 3.14. The largest absolute Gasteiger partial charge is 0.480 e. The molecule has 2 N–H and O–H groups in total. The van der Waals surface area contributed by atoms with Crippen molar-refractivity contribution < 1.29 is 9.90 Å². The normalized spacial score (nSPS) is 17.7. The van der Waals surface area contributed by atoms with Crippen LogP contribution in [-0.2, 0) is 4.79 Å². The molecular formula is C14H23NO2. The van der Waals surface area contributed by atoms with Gasteiger partial charge in [-0.1, -0.05) is 23.3 Å². The zero-order valence-corrected chi connectivity index (χ0v) is 11.0. The summed E-state index contributed by atoms with van der Waals surface area (Å²) in [7, 11) is 0. The summed E-state index contributed by atoms with van der Waals surface area (Å²) in [6.07, 6.45) is 7.95. The Bertz CT molecular complexity index is 334. The van der Waals surface area contributed by atoms with E-state index in [1.54, 1.807) is 0 Å². The van der Waals surface area contributed by atoms with Crippen LogP contribution in [-0.4, -0.2) is 23.2 Å². The van der Waals surface area contributed by atoms with Crippen molar-refractivity contribution in [2.45, 2.75) is 52.0 Å². The minimum absolute atomic E-state index is 0.614. The summed E-state index contributed by atoms with van der Waals surface area (Å²) in [6, 6.07) is 0. The molecule has 1 aliphatic rings. The first-order valence-electron chi connectivity index (χ1n) is 6.24. The van der Waals surface area contributed by atoms with Gasteiger partial charge in [0.2, 0.25) is 0 Å². The highest BCUT2D eigenvalue weighted by atomic mass is 16.4. The fraction of sp³-hybridized carbons (Fsp3) is 0.643. The van der Waals surface area contributed by atoms with E-state index in [2.05, 4.69) is 38.2 Å². The topological polar surface area (TPSA) is 49.3 Å². The monoisotopic (exact) mass is 237 g/mol. The summed E-state index contributed by atoms with van der Waals surface area (Å²) >= 11 is 0. The van der Waals surface area contributed by atoms with Gasteiger partial charge in [-0.05, 0) is 46.5 Å². The Morgan fingerprint density at radius 2 is 1.94 bits per heavy atom. The Morgan fingerprint density at radius 1 is 1.29 bits per heavy atom. The molecule has 0 radical (unpaired) electrons. The number of aliphatic carboxylic acids is 1. The highest BCUT2D eigenvalue weighted by Gasteiger charge is 2.49. The van der Waals surface area contributed by atoms with Crippen LogP contribution in [0.3, 0.4) is 0 Å². The number of hydrogen-bond donors (Lipinski definition) is 2. The second-order valence-corrected chi connectivity index (χ2v) is 5.14. The molecule has 3 heteroatoms. The first-order chi connectivity index (χ1) is 7.96. The lowest BCUT2D eigenvalue weighted by Crippen LogP contribution is -2.39. The molecule has 1 aliphatic carbocycles. The molecule has 0 unspecified atom stereocenters. The quantitative estimate of drug-likeness (QED) is 0.669. The lowest BCUT2D eigenvalue weighted by atomic mass is 10.1. The second kappa shape index (κ2) is 6.01. The average Bonchev–Trinajstić information content (AvgIpc) is 2.98. The first-order valence-corrected chi connectivity index (χ1v) is 6.24. The highest BCUT2D eigenvalue weighted by Crippen LogP contribution is 2.35. The van der Waals surface area contributed by atoms with E-state index in [1.165, 1.54) is 11.1 Å². The number of hydrogen-bond acceptors (Lipinski definition) is 2. The number of carboxylic acid groups (broad SMARTS) is 1. The fourth-order valence-electron chi connectivity index (χ4n) is 1.70.